The van der Waals surface area contributed by atoms with E-state index >= 15 is 0 Å². The molecule has 0 heterocycles. The molecule has 0 aromatic heterocycles. The molecule has 1 fully saturated rings. The van der Waals surface area contributed by atoms with Gasteiger partial charge in [-0.1, -0.05) is 25.7 Å². The number of amides is 2. The molecule has 1 rings (SSSR count). The van der Waals surface area contributed by atoms with Crippen LogP contribution >= 0.6 is 0 Å². The molecule has 0 aromatic carbocycles. The van der Waals surface area contributed by atoms with E-state index in [9.17, 15) is 14.7 Å². The third-order valence-electron chi connectivity index (χ3n) is 4.35. The number of nitrogens with one attached hydrogen (secondary N) is 2. The molecule has 0 spiro atoms. The molecule has 0 aliphatic heterocycles. The Morgan fingerprint density at radius 1 is 1.19 bits per heavy atom. The number of hydrogen-bond donors (Lipinski definition) is 3. The van der Waals surface area contributed by atoms with Crippen molar-refractivity contribution < 1.29 is 14.7 Å². The summed E-state index contributed by atoms with van der Waals surface area (Å²) in [5, 5.41) is 15.0. The number of carboxylic acids is 1. The Bertz CT molecular complexity index is 350. The van der Waals surface area contributed by atoms with E-state index in [-0.39, 0.29) is 6.03 Å². The standard InChI is InChI=1S/C15H29N3O3/c1-12(2)18(3)11-10-16-14(21)17-15(13(19)20)8-6-4-5-7-9-15/h12H,4-11H2,1-3H3,(H,19,20)(H2,16,17,21). The van der Waals surface area contributed by atoms with Gasteiger partial charge in [-0.2, -0.15) is 0 Å². The number of carbonyl (C=O) groups is 2. The molecule has 1 saturated carbocycles. The van der Waals surface area contributed by atoms with Gasteiger partial charge in [0.2, 0.25) is 0 Å². The van der Waals surface area contributed by atoms with E-state index < -0.39 is 11.5 Å². The first-order valence-corrected chi connectivity index (χ1v) is 7.87. The number of likely N-dealkylation sites (N-methyl/N-ethyl adjacent to an activating group) is 1. The lowest BCUT2D eigenvalue weighted by molar-refractivity contribution is -0.145. The summed E-state index contributed by atoms with van der Waals surface area (Å²) < 4.78 is 0. The number of carbonyl (C=O) groups excluding carboxylic acids is 1. The van der Waals surface area contributed by atoms with Crippen LogP contribution in [0.2, 0.25) is 0 Å². The average molecular weight is 299 g/mol. The van der Waals surface area contributed by atoms with Gasteiger partial charge in [0, 0.05) is 19.1 Å². The average Bonchev–Trinajstić information content (AvgIpc) is 2.65. The van der Waals surface area contributed by atoms with Crippen molar-refractivity contribution >= 4 is 12.0 Å². The summed E-state index contributed by atoms with van der Waals surface area (Å²) in [5.74, 6) is -0.918. The number of urea groups is 1. The monoisotopic (exact) mass is 299 g/mol. The second-order valence-corrected chi connectivity index (χ2v) is 6.26. The molecule has 6 heteroatoms. The van der Waals surface area contributed by atoms with Crippen molar-refractivity contribution in [1.82, 2.24) is 15.5 Å². The molecule has 3 N–H and O–H groups in total. The van der Waals surface area contributed by atoms with Gasteiger partial charge in [0.05, 0.1) is 0 Å². The molecule has 0 aromatic rings. The number of rotatable bonds is 6. The Labute approximate surface area is 127 Å². The summed E-state index contributed by atoms with van der Waals surface area (Å²) >= 11 is 0. The van der Waals surface area contributed by atoms with E-state index in [4.69, 9.17) is 0 Å². The van der Waals surface area contributed by atoms with Crippen molar-refractivity contribution in [2.45, 2.75) is 64.0 Å². The van der Waals surface area contributed by atoms with Crippen molar-refractivity contribution in [2.75, 3.05) is 20.1 Å². The number of carboxylic acid groups (broad SMARTS) is 1. The highest BCUT2D eigenvalue weighted by atomic mass is 16.4. The van der Waals surface area contributed by atoms with Crippen LogP contribution in [0.1, 0.15) is 52.4 Å². The Hall–Kier alpha value is -1.30. The van der Waals surface area contributed by atoms with Crippen LogP contribution < -0.4 is 10.6 Å². The summed E-state index contributed by atoms with van der Waals surface area (Å²) in [4.78, 5) is 25.7. The van der Waals surface area contributed by atoms with Crippen LogP contribution in [0.5, 0.6) is 0 Å². The summed E-state index contributed by atoms with van der Waals surface area (Å²) in [6.45, 7) is 5.43. The third-order valence-corrected chi connectivity index (χ3v) is 4.35. The van der Waals surface area contributed by atoms with Crippen LogP contribution in [0.4, 0.5) is 4.79 Å². The molecule has 2 amide bonds. The number of hydrogen-bond acceptors (Lipinski definition) is 3. The molecule has 1 aliphatic rings. The Morgan fingerprint density at radius 3 is 2.24 bits per heavy atom. The second kappa shape index (κ2) is 8.22. The molecule has 0 bridgehead atoms. The fourth-order valence-electron chi connectivity index (χ4n) is 2.59. The Morgan fingerprint density at radius 2 is 1.76 bits per heavy atom. The highest BCUT2D eigenvalue weighted by Gasteiger charge is 2.39. The van der Waals surface area contributed by atoms with Crippen molar-refractivity contribution in [3.63, 3.8) is 0 Å². The molecule has 0 saturated heterocycles. The predicted molar refractivity (Wildman–Crippen MR) is 82.4 cm³/mol. The molecule has 6 nitrogen and oxygen atoms in total. The van der Waals surface area contributed by atoms with E-state index in [0.29, 0.717) is 25.4 Å². The van der Waals surface area contributed by atoms with Gasteiger partial charge < -0.3 is 20.6 Å². The van der Waals surface area contributed by atoms with Gasteiger partial charge in [0.1, 0.15) is 5.54 Å². The van der Waals surface area contributed by atoms with Gasteiger partial charge in [-0.15, -0.1) is 0 Å². The van der Waals surface area contributed by atoms with Gasteiger partial charge in [0.15, 0.2) is 0 Å². The van der Waals surface area contributed by atoms with Crippen molar-refractivity contribution in [2.24, 2.45) is 0 Å². The first kappa shape index (κ1) is 17.8. The maximum absolute atomic E-state index is 12.0. The van der Waals surface area contributed by atoms with Crippen molar-refractivity contribution in [3.05, 3.63) is 0 Å². The van der Waals surface area contributed by atoms with E-state index in [0.717, 1.165) is 32.2 Å². The second-order valence-electron chi connectivity index (χ2n) is 6.26. The zero-order valence-electron chi connectivity index (χ0n) is 13.4. The van der Waals surface area contributed by atoms with Crippen molar-refractivity contribution in [3.8, 4) is 0 Å². The lowest BCUT2D eigenvalue weighted by Crippen LogP contribution is -2.57. The van der Waals surface area contributed by atoms with Crippen LogP contribution in [-0.4, -0.2) is 53.7 Å². The summed E-state index contributed by atoms with van der Waals surface area (Å²) in [5.41, 5.74) is -1.09. The fraction of sp³-hybridized carbons (Fsp3) is 0.867. The third kappa shape index (κ3) is 5.53. The number of nitrogens with zero attached hydrogens (tertiary/aromatic N) is 1. The SMILES string of the molecule is CC(C)N(C)CCNC(=O)NC1(C(=O)O)CCCCCC1. The Kier molecular flexibility index (Phi) is 6.95. The zero-order chi connectivity index (χ0) is 15.9. The van der Waals surface area contributed by atoms with Gasteiger partial charge in [-0.25, -0.2) is 9.59 Å². The minimum absolute atomic E-state index is 0.378. The molecule has 21 heavy (non-hydrogen) atoms. The molecular weight excluding hydrogens is 270 g/mol. The van der Waals surface area contributed by atoms with Gasteiger partial charge in [-0.05, 0) is 33.7 Å². The smallest absolute Gasteiger partial charge is 0.329 e. The fourth-order valence-corrected chi connectivity index (χ4v) is 2.59. The van der Waals surface area contributed by atoms with Crippen LogP contribution in [0.25, 0.3) is 0 Å². The minimum Gasteiger partial charge on any atom is -0.480 e. The summed E-state index contributed by atoms with van der Waals surface area (Å²) in [6, 6.07) is 0.0403. The highest BCUT2D eigenvalue weighted by Crippen LogP contribution is 2.27. The largest absolute Gasteiger partial charge is 0.480 e. The van der Waals surface area contributed by atoms with Gasteiger partial charge >= 0.3 is 12.0 Å². The summed E-state index contributed by atoms with van der Waals surface area (Å²) in [7, 11) is 1.99. The molecular formula is C15H29N3O3. The van der Waals surface area contributed by atoms with E-state index in [1.54, 1.807) is 0 Å². The molecule has 1 aliphatic carbocycles. The van der Waals surface area contributed by atoms with Crippen molar-refractivity contribution in [1.29, 1.82) is 0 Å². The summed E-state index contributed by atoms with van der Waals surface area (Å²) in [6.07, 6.45) is 4.81. The predicted octanol–water partition coefficient (Wildman–Crippen LogP) is 1.80. The number of aliphatic carboxylic acids is 1. The molecule has 0 atom stereocenters. The zero-order valence-corrected chi connectivity index (χ0v) is 13.4. The topological polar surface area (TPSA) is 81.7 Å². The molecule has 122 valence electrons. The minimum atomic E-state index is -1.09. The highest BCUT2D eigenvalue weighted by molar-refractivity contribution is 5.86. The maximum atomic E-state index is 12.0. The van der Waals surface area contributed by atoms with Gasteiger partial charge in [0.25, 0.3) is 0 Å². The van der Waals surface area contributed by atoms with Gasteiger partial charge in [-0.3, -0.25) is 0 Å². The molecule has 0 radical (unpaired) electrons. The van der Waals surface area contributed by atoms with E-state index in [1.165, 1.54) is 0 Å². The molecule has 0 unspecified atom stereocenters. The quantitative estimate of drug-likeness (QED) is 0.653. The first-order chi connectivity index (χ1) is 9.87. The first-order valence-electron chi connectivity index (χ1n) is 7.87. The van der Waals surface area contributed by atoms with Crippen LogP contribution in [0.15, 0.2) is 0 Å². The van der Waals surface area contributed by atoms with Crippen LogP contribution in [0.3, 0.4) is 0 Å². The normalized spacial score (nSPS) is 18.3. The lowest BCUT2D eigenvalue weighted by Gasteiger charge is -2.29. The lowest BCUT2D eigenvalue weighted by atomic mass is 9.90. The van der Waals surface area contributed by atoms with Crippen LogP contribution in [-0.2, 0) is 4.79 Å². The Balaban J connectivity index is 2.47. The van der Waals surface area contributed by atoms with E-state index in [2.05, 4.69) is 29.4 Å². The van der Waals surface area contributed by atoms with Crippen LogP contribution in [0, 0.1) is 0 Å². The van der Waals surface area contributed by atoms with E-state index in [1.807, 2.05) is 7.05 Å². The maximum Gasteiger partial charge on any atom is 0.329 e.